The van der Waals surface area contributed by atoms with Crippen molar-refractivity contribution < 1.29 is 20.1 Å². The van der Waals surface area contributed by atoms with Gasteiger partial charge in [0.1, 0.15) is 28.7 Å². The Morgan fingerprint density at radius 3 is 2.27 bits per heavy atom. The highest BCUT2D eigenvalue weighted by Gasteiger charge is 2.12. The molecular weight excluding hydrogens is 412 g/mol. The number of ether oxygens (including phenoxy) is 1. The summed E-state index contributed by atoms with van der Waals surface area (Å²) < 4.78 is 5.85. The smallest absolute Gasteiger partial charge is 0.131 e. The van der Waals surface area contributed by atoms with Crippen molar-refractivity contribution in [2.75, 3.05) is 0 Å². The third-order valence-corrected chi connectivity index (χ3v) is 5.76. The fraction of sp³-hybridized carbons (Fsp3) is 0.310. The molecular formula is C29H34O4. The van der Waals surface area contributed by atoms with Crippen molar-refractivity contribution in [1.82, 2.24) is 0 Å². The number of hydrogen-bond donors (Lipinski definition) is 3. The zero-order valence-corrected chi connectivity index (χ0v) is 20.1. The normalized spacial score (nSPS) is 11.8. The van der Waals surface area contributed by atoms with Crippen LogP contribution in [-0.2, 0) is 6.42 Å². The van der Waals surface area contributed by atoms with E-state index in [9.17, 15) is 15.3 Å². The number of phenolic OH excluding ortho intramolecular Hbond substituents is 3. The monoisotopic (exact) mass is 446 g/mol. The summed E-state index contributed by atoms with van der Waals surface area (Å²) in [7, 11) is 0. The van der Waals surface area contributed by atoms with Crippen LogP contribution in [0.15, 0.2) is 54.6 Å². The minimum atomic E-state index is 0.134. The van der Waals surface area contributed by atoms with Crippen molar-refractivity contribution in [3.63, 3.8) is 0 Å². The SMILES string of the molecule is CC(=CCCC(C)C)c1ccc(Cc2c(C)cc(Oc3cc(C)cc(O)c3)cc2O)cc1O. The van der Waals surface area contributed by atoms with Crippen LogP contribution in [0.1, 0.15) is 61.4 Å². The van der Waals surface area contributed by atoms with Gasteiger partial charge in [0.2, 0.25) is 0 Å². The first-order chi connectivity index (χ1) is 15.6. The Kier molecular flexibility index (Phi) is 7.70. The number of allylic oxidation sites excluding steroid dienone is 2. The van der Waals surface area contributed by atoms with Crippen molar-refractivity contribution in [3.8, 4) is 28.7 Å². The lowest BCUT2D eigenvalue weighted by Gasteiger charge is -2.14. The minimum Gasteiger partial charge on any atom is -0.508 e. The second-order valence-electron chi connectivity index (χ2n) is 9.23. The number of phenols is 3. The quantitative estimate of drug-likeness (QED) is 0.332. The van der Waals surface area contributed by atoms with Gasteiger partial charge >= 0.3 is 0 Å². The van der Waals surface area contributed by atoms with Gasteiger partial charge in [-0.1, -0.05) is 32.1 Å². The van der Waals surface area contributed by atoms with Gasteiger partial charge < -0.3 is 20.1 Å². The summed E-state index contributed by atoms with van der Waals surface area (Å²) in [5.41, 5.74) is 5.38. The predicted octanol–water partition coefficient (Wildman–Crippen LogP) is 7.64. The topological polar surface area (TPSA) is 69.9 Å². The molecule has 0 heterocycles. The molecule has 3 aromatic rings. The molecule has 0 saturated heterocycles. The van der Waals surface area contributed by atoms with E-state index in [0.717, 1.165) is 46.2 Å². The molecule has 0 aliphatic rings. The van der Waals surface area contributed by atoms with Gasteiger partial charge in [0.15, 0.2) is 0 Å². The predicted molar refractivity (Wildman–Crippen MR) is 134 cm³/mol. The molecule has 4 heteroatoms. The van der Waals surface area contributed by atoms with Crippen LogP contribution in [0.4, 0.5) is 0 Å². The van der Waals surface area contributed by atoms with Gasteiger partial charge in [-0.05, 0) is 86.1 Å². The molecule has 0 spiro atoms. The highest BCUT2D eigenvalue weighted by atomic mass is 16.5. The number of aryl methyl sites for hydroxylation is 2. The third-order valence-electron chi connectivity index (χ3n) is 5.76. The highest BCUT2D eigenvalue weighted by Crippen LogP contribution is 2.34. The van der Waals surface area contributed by atoms with Crippen LogP contribution in [0.2, 0.25) is 0 Å². The molecule has 0 aliphatic carbocycles. The lowest BCUT2D eigenvalue weighted by Crippen LogP contribution is -1.95. The molecule has 0 radical (unpaired) electrons. The van der Waals surface area contributed by atoms with E-state index in [1.807, 2.05) is 45.0 Å². The van der Waals surface area contributed by atoms with Crippen molar-refractivity contribution in [3.05, 3.63) is 82.4 Å². The maximum absolute atomic E-state index is 10.7. The largest absolute Gasteiger partial charge is 0.508 e. The van der Waals surface area contributed by atoms with Crippen molar-refractivity contribution in [2.24, 2.45) is 5.92 Å². The molecule has 0 atom stereocenters. The Morgan fingerprint density at radius 2 is 1.64 bits per heavy atom. The average Bonchev–Trinajstić information content (AvgIpc) is 2.69. The number of benzene rings is 3. The van der Waals surface area contributed by atoms with Crippen LogP contribution < -0.4 is 4.74 Å². The Balaban J connectivity index is 1.77. The summed E-state index contributed by atoms with van der Waals surface area (Å²) in [5, 5.41) is 31.0. The summed E-state index contributed by atoms with van der Waals surface area (Å²) in [5.74, 6) is 2.19. The van der Waals surface area contributed by atoms with Gasteiger partial charge in [0.25, 0.3) is 0 Å². The highest BCUT2D eigenvalue weighted by molar-refractivity contribution is 5.69. The van der Waals surface area contributed by atoms with Crippen LogP contribution in [0.5, 0.6) is 28.7 Å². The zero-order chi connectivity index (χ0) is 24.1. The average molecular weight is 447 g/mol. The standard InChI is InChI=1S/C29H34O4/c1-18(2)7-6-8-20(4)26-10-9-22(15-28(26)31)14-27-21(5)13-25(17-29(27)32)33-24-12-19(3)11-23(30)16-24/h8-13,15-18,30-32H,6-7,14H2,1-5H3. The second-order valence-corrected chi connectivity index (χ2v) is 9.23. The van der Waals surface area contributed by atoms with E-state index >= 15 is 0 Å². The first kappa shape index (κ1) is 24.2. The molecule has 0 unspecified atom stereocenters. The van der Waals surface area contributed by atoms with Gasteiger partial charge in [-0.25, -0.2) is 0 Å². The molecule has 0 saturated carbocycles. The summed E-state index contributed by atoms with van der Waals surface area (Å²) in [6, 6.07) is 14.2. The number of aromatic hydroxyl groups is 3. The molecule has 0 amide bonds. The van der Waals surface area contributed by atoms with Gasteiger partial charge in [0.05, 0.1) is 0 Å². The van der Waals surface area contributed by atoms with Crippen molar-refractivity contribution >= 4 is 5.57 Å². The van der Waals surface area contributed by atoms with Crippen LogP contribution in [0.25, 0.3) is 5.57 Å². The molecule has 0 fully saturated rings. The molecule has 3 aromatic carbocycles. The molecule has 3 N–H and O–H groups in total. The van der Waals surface area contributed by atoms with E-state index in [0.29, 0.717) is 23.8 Å². The van der Waals surface area contributed by atoms with Gasteiger partial charge in [-0.2, -0.15) is 0 Å². The van der Waals surface area contributed by atoms with Gasteiger partial charge in [-0.3, -0.25) is 0 Å². The van der Waals surface area contributed by atoms with Crippen molar-refractivity contribution in [1.29, 1.82) is 0 Å². The first-order valence-corrected chi connectivity index (χ1v) is 11.4. The maximum atomic E-state index is 10.7. The lowest BCUT2D eigenvalue weighted by atomic mass is 9.96. The molecule has 0 aliphatic heterocycles. The lowest BCUT2D eigenvalue weighted by molar-refractivity contribution is 0.442. The zero-order valence-electron chi connectivity index (χ0n) is 20.1. The van der Waals surface area contributed by atoms with Crippen molar-refractivity contribution in [2.45, 2.75) is 53.9 Å². The second kappa shape index (κ2) is 10.5. The van der Waals surface area contributed by atoms with Crippen LogP contribution in [0.3, 0.4) is 0 Å². The molecule has 0 aromatic heterocycles. The van der Waals surface area contributed by atoms with Crippen LogP contribution >= 0.6 is 0 Å². The maximum Gasteiger partial charge on any atom is 0.131 e. The van der Waals surface area contributed by atoms with E-state index in [-0.39, 0.29) is 17.2 Å². The minimum absolute atomic E-state index is 0.134. The van der Waals surface area contributed by atoms with Gasteiger partial charge in [-0.15, -0.1) is 0 Å². The van der Waals surface area contributed by atoms with E-state index in [1.165, 1.54) is 6.07 Å². The fourth-order valence-corrected chi connectivity index (χ4v) is 3.95. The Morgan fingerprint density at radius 1 is 0.909 bits per heavy atom. The first-order valence-electron chi connectivity index (χ1n) is 11.4. The van der Waals surface area contributed by atoms with E-state index < -0.39 is 0 Å². The van der Waals surface area contributed by atoms with Crippen LogP contribution in [0, 0.1) is 19.8 Å². The summed E-state index contributed by atoms with van der Waals surface area (Å²) >= 11 is 0. The fourth-order valence-electron chi connectivity index (χ4n) is 3.95. The Labute approximate surface area is 196 Å². The van der Waals surface area contributed by atoms with Gasteiger partial charge in [0, 0.05) is 29.7 Å². The van der Waals surface area contributed by atoms with E-state index in [4.69, 9.17) is 4.74 Å². The molecule has 4 nitrogen and oxygen atoms in total. The summed E-state index contributed by atoms with van der Waals surface area (Å²) in [4.78, 5) is 0. The number of hydrogen-bond acceptors (Lipinski definition) is 4. The molecule has 3 rings (SSSR count). The molecule has 33 heavy (non-hydrogen) atoms. The van der Waals surface area contributed by atoms with Crippen LogP contribution in [-0.4, -0.2) is 15.3 Å². The molecule has 174 valence electrons. The summed E-state index contributed by atoms with van der Waals surface area (Å²) in [6.07, 6.45) is 4.79. The summed E-state index contributed by atoms with van der Waals surface area (Å²) in [6.45, 7) is 10.2. The Hall–Kier alpha value is -3.40. The Bertz CT molecular complexity index is 1120. The number of rotatable bonds is 8. The van der Waals surface area contributed by atoms with E-state index in [1.54, 1.807) is 18.2 Å². The third kappa shape index (κ3) is 6.55. The molecule has 0 bridgehead atoms. The van der Waals surface area contributed by atoms with E-state index in [2.05, 4.69) is 19.9 Å².